The number of hydrogen-bond acceptors (Lipinski definition) is 3. The number of aliphatic imine (C=N–C) groups is 1. The van der Waals surface area contributed by atoms with Crippen molar-refractivity contribution in [3.8, 4) is 0 Å². The van der Waals surface area contributed by atoms with E-state index >= 15 is 0 Å². The number of rotatable bonds is 5. The SMILES string of the molecule is CN=C(NCc1cn(C)nc1C(F)(F)F)NCC(C)(C)OC. The molecule has 0 bridgehead atoms. The van der Waals surface area contributed by atoms with E-state index in [1.54, 1.807) is 14.2 Å². The van der Waals surface area contributed by atoms with Gasteiger partial charge in [0, 0.05) is 46.1 Å². The van der Waals surface area contributed by atoms with Crippen molar-refractivity contribution < 1.29 is 17.9 Å². The molecule has 1 rings (SSSR count). The average Bonchev–Trinajstić information content (AvgIpc) is 2.80. The molecule has 0 unspecified atom stereocenters. The van der Waals surface area contributed by atoms with E-state index in [1.165, 1.54) is 13.2 Å². The fourth-order valence-electron chi connectivity index (χ4n) is 1.67. The summed E-state index contributed by atoms with van der Waals surface area (Å²) in [6.07, 6.45) is -3.14. The first-order valence-corrected chi connectivity index (χ1v) is 6.68. The van der Waals surface area contributed by atoms with Crippen LogP contribution in [0.5, 0.6) is 0 Å². The second kappa shape index (κ2) is 6.99. The summed E-state index contributed by atoms with van der Waals surface area (Å²) in [7, 11) is 4.58. The molecule has 9 heteroatoms. The van der Waals surface area contributed by atoms with Crippen LogP contribution in [0.4, 0.5) is 13.2 Å². The second-order valence-corrected chi connectivity index (χ2v) is 5.42. The van der Waals surface area contributed by atoms with Gasteiger partial charge < -0.3 is 15.4 Å². The van der Waals surface area contributed by atoms with Crippen LogP contribution < -0.4 is 10.6 Å². The zero-order chi connectivity index (χ0) is 17.0. The van der Waals surface area contributed by atoms with E-state index in [4.69, 9.17) is 4.74 Å². The van der Waals surface area contributed by atoms with E-state index in [2.05, 4.69) is 20.7 Å². The first-order chi connectivity index (χ1) is 10.1. The summed E-state index contributed by atoms with van der Waals surface area (Å²) in [5.74, 6) is 0.391. The van der Waals surface area contributed by atoms with Crippen LogP contribution in [-0.4, -0.2) is 42.0 Å². The third-order valence-electron chi connectivity index (χ3n) is 3.08. The highest BCUT2D eigenvalue weighted by Crippen LogP contribution is 2.30. The maximum Gasteiger partial charge on any atom is 0.435 e. The van der Waals surface area contributed by atoms with Gasteiger partial charge in [-0.05, 0) is 13.8 Å². The number of aryl methyl sites for hydroxylation is 1. The lowest BCUT2D eigenvalue weighted by Gasteiger charge is -2.24. The molecule has 1 heterocycles. The Hall–Kier alpha value is -1.77. The number of nitrogens with one attached hydrogen (secondary N) is 2. The molecule has 0 aliphatic rings. The van der Waals surface area contributed by atoms with Gasteiger partial charge in [-0.3, -0.25) is 9.67 Å². The molecule has 126 valence electrons. The maximum absolute atomic E-state index is 12.9. The fourth-order valence-corrected chi connectivity index (χ4v) is 1.67. The molecule has 0 atom stereocenters. The topological polar surface area (TPSA) is 63.5 Å². The molecule has 0 aromatic carbocycles. The van der Waals surface area contributed by atoms with Gasteiger partial charge in [-0.2, -0.15) is 18.3 Å². The first-order valence-electron chi connectivity index (χ1n) is 6.68. The summed E-state index contributed by atoms with van der Waals surface area (Å²) in [6.45, 7) is 4.20. The van der Waals surface area contributed by atoms with E-state index in [0.717, 1.165) is 4.68 Å². The number of alkyl halides is 3. The van der Waals surface area contributed by atoms with Crippen molar-refractivity contribution >= 4 is 5.96 Å². The lowest BCUT2D eigenvalue weighted by Crippen LogP contribution is -2.45. The first kappa shape index (κ1) is 18.3. The van der Waals surface area contributed by atoms with Crippen LogP contribution in [0.2, 0.25) is 0 Å². The third-order valence-corrected chi connectivity index (χ3v) is 3.08. The van der Waals surface area contributed by atoms with E-state index < -0.39 is 17.5 Å². The predicted molar refractivity (Wildman–Crippen MR) is 77.5 cm³/mol. The Balaban J connectivity index is 2.69. The van der Waals surface area contributed by atoms with Crippen LogP contribution in [0.15, 0.2) is 11.2 Å². The predicted octanol–water partition coefficient (Wildman–Crippen LogP) is 1.53. The van der Waals surface area contributed by atoms with Crippen LogP contribution in [0.3, 0.4) is 0 Å². The minimum atomic E-state index is -4.48. The smallest absolute Gasteiger partial charge is 0.377 e. The summed E-state index contributed by atoms with van der Waals surface area (Å²) in [4.78, 5) is 3.97. The van der Waals surface area contributed by atoms with E-state index in [9.17, 15) is 13.2 Å². The zero-order valence-corrected chi connectivity index (χ0v) is 13.4. The maximum atomic E-state index is 12.9. The molecule has 0 amide bonds. The number of ether oxygens (including phenoxy) is 1. The van der Waals surface area contributed by atoms with Gasteiger partial charge >= 0.3 is 6.18 Å². The summed E-state index contributed by atoms with van der Waals surface area (Å²) in [5.41, 5.74) is -1.25. The summed E-state index contributed by atoms with van der Waals surface area (Å²) < 4.78 is 45.0. The van der Waals surface area contributed by atoms with Crippen molar-refractivity contribution in [2.75, 3.05) is 20.7 Å². The number of guanidine groups is 1. The standard InChI is InChI=1S/C13H22F3N5O/c1-12(2,22-5)8-19-11(17-3)18-6-9-7-21(4)20-10(9)13(14,15)16/h7H,6,8H2,1-5H3,(H2,17,18,19). The molecular weight excluding hydrogens is 299 g/mol. The van der Waals surface area contributed by atoms with Gasteiger partial charge in [0.2, 0.25) is 0 Å². The lowest BCUT2D eigenvalue weighted by molar-refractivity contribution is -0.142. The van der Waals surface area contributed by atoms with Crippen LogP contribution in [-0.2, 0) is 24.5 Å². The Labute approximate surface area is 127 Å². The van der Waals surface area contributed by atoms with E-state index in [-0.39, 0.29) is 12.1 Å². The highest BCUT2D eigenvalue weighted by Gasteiger charge is 2.36. The largest absolute Gasteiger partial charge is 0.435 e. The van der Waals surface area contributed by atoms with Crippen molar-refractivity contribution in [3.63, 3.8) is 0 Å². The molecule has 0 saturated carbocycles. The van der Waals surface area contributed by atoms with E-state index in [0.29, 0.717) is 12.5 Å². The Morgan fingerprint density at radius 3 is 2.50 bits per heavy atom. The summed E-state index contributed by atoms with van der Waals surface area (Å²) in [5, 5.41) is 9.30. The van der Waals surface area contributed by atoms with Gasteiger partial charge in [-0.25, -0.2) is 0 Å². The van der Waals surface area contributed by atoms with Crippen molar-refractivity contribution in [2.45, 2.75) is 32.2 Å². The molecule has 0 aliphatic carbocycles. The number of nitrogens with zero attached hydrogens (tertiary/aromatic N) is 3. The van der Waals surface area contributed by atoms with Crippen LogP contribution in [0, 0.1) is 0 Å². The molecular formula is C13H22F3N5O. The normalized spacial score (nSPS) is 13.4. The molecule has 0 saturated heterocycles. The summed E-state index contributed by atoms with van der Waals surface area (Å²) in [6, 6.07) is 0. The van der Waals surface area contributed by atoms with Gasteiger partial charge in [0.1, 0.15) is 0 Å². The highest BCUT2D eigenvalue weighted by molar-refractivity contribution is 5.79. The van der Waals surface area contributed by atoms with Crippen molar-refractivity contribution in [1.29, 1.82) is 0 Å². The van der Waals surface area contributed by atoms with E-state index in [1.807, 2.05) is 13.8 Å². The molecule has 0 spiro atoms. The van der Waals surface area contributed by atoms with Gasteiger partial charge in [0.05, 0.1) is 5.60 Å². The van der Waals surface area contributed by atoms with Crippen molar-refractivity contribution in [2.24, 2.45) is 12.0 Å². The minimum Gasteiger partial charge on any atom is -0.377 e. The highest BCUT2D eigenvalue weighted by atomic mass is 19.4. The van der Waals surface area contributed by atoms with Gasteiger partial charge in [0.15, 0.2) is 11.7 Å². The van der Waals surface area contributed by atoms with Crippen LogP contribution in [0.25, 0.3) is 0 Å². The van der Waals surface area contributed by atoms with Crippen LogP contribution >= 0.6 is 0 Å². The quantitative estimate of drug-likeness (QED) is 0.638. The Morgan fingerprint density at radius 1 is 1.36 bits per heavy atom. The lowest BCUT2D eigenvalue weighted by atomic mass is 10.1. The number of halogens is 3. The molecule has 0 radical (unpaired) electrons. The molecule has 2 N–H and O–H groups in total. The molecule has 0 fully saturated rings. The average molecular weight is 321 g/mol. The number of aromatic nitrogens is 2. The second-order valence-electron chi connectivity index (χ2n) is 5.42. The molecule has 22 heavy (non-hydrogen) atoms. The zero-order valence-electron chi connectivity index (χ0n) is 13.4. The molecule has 0 aliphatic heterocycles. The fraction of sp³-hybridized carbons (Fsp3) is 0.692. The number of hydrogen-bond donors (Lipinski definition) is 2. The van der Waals surface area contributed by atoms with Crippen molar-refractivity contribution in [1.82, 2.24) is 20.4 Å². The third kappa shape index (κ3) is 5.21. The molecule has 1 aromatic rings. The molecule has 6 nitrogen and oxygen atoms in total. The Morgan fingerprint density at radius 2 is 2.00 bits per heavy atom. The van der Waals surface area contributed by atoms with Crippen molar-refractivity contribution in [3.05, 3.63) is 17.5 Å². The molecule has 1 aromatic heterocycles. The number of methoxy groups -OCH3 is 1. The van der Waals surface area contributed by atoms with Gasteiger partial charge in [0.25, 0.3) is 0 Å². The minimum absolute atomic E-state index is 0.0320. The monoisotopic (exact) mass is 321 g/mol. The Kier molecular flexibility index (Phi) is 5.81. The Bertz CT molecular complexity index is 522. The summed E-state index contributed by atoms with van der Waals surface area (Å²) >= 11 is 0. The van der Waals surface area contributed by atoms with Crippen LogP contribution in [0.1, 0.15) is 25.1 Å². The van der Waals surface area contributed by atoms with Gasteiger partial charge in [-0.15, -0.1) is 0 Å². The van der Waals surface area contributed by atoms with Gasteiger partial charge in [-0.1, -0.05) is 0 Å².